The maximum absolute atomic E-state index is 12.6. The Bertz CT molecular complexity index is 1080. The highest BCUT2D eigenvalue weighted by Crippen LogP contribution is 2.35. The van der Waals surface area contributed by atoms with Crippen LogP contribution in [0, 0.1) is 6.92 Å². The van der Waals surface area contributed by atoms with E-state index >= 15 is 0 Å². The van der Waals surface area contributed by atoms with E-state index in [4.69, 9.17) is 9.47 Å². The number of ether oxygens (including phenoxy) is 2. The fraction of sp³-hybridized carbons (Fsp3) is 0.167. The summed E-state index contributed by atoms with van der Waals surface area (Å²) >= 11 is 0. The van der Waals surface area contributed by atoms with Gasteiger partial charge in [0.25, 0.3) is 11.8 Å². The van der Waals surface area contributed by atoms with E-state index in [1.54, 1.807) is 54.5 Å². The van der Waals surface area contributed by atoms with E-state index in [-0.39, 0.29) is 18.4 Å². The van der Waals surface area contributed by atoms with E-state index in [9.17, 15) is 9.59 Å². The lowest BCUT2D eigenvalue weighted by Crippen LogP contribution is -2.38. The van der Waals surface area contributed by atoms with Crippen molar-refractivity contribution in [1.82, 2.24) is 0 Å². The van der Waals surface area contributed by atoms with Gasteiger partial charge in [-0.15, -0.1) is 0 Å². The van der Waals surface area contributed by atoms with Crippen molar-refractivity contribution in [3.05, 3.63) is 83.4 Å². The third-order valence-electron chi connectivity index (χ3n) is 4.97. The van der Waals surface area contributed by atoms with Gasteiger partial charge in [-0.2, -0.15) is 0 Å². The average molecular weight is 402 g/mol. The number of carbonyl (C=O) groups excluding carboxylic acids is 2. The topological polar surface area (TPSA) is 67.9 Å². The minimum Gasteiger partial charge on any atom is -0.497 e. The standard InChI is InChI=1S/C24H22N2O4/c1-16-3-5-17(6-4-16)14-26-21-13-19(9-12-22(21)30-15-23(26)27)25-24(28)18-7-10-20(29-2)11-8-18/h3-13H,14-15H2,1-2H3,(H,25,28). The lowest BCUT2D eigenvalue weighted by Gasteiger charge is -2.30. The van der Waals surface area contributed by atoms with Crippen LogP contribution < -0.4 is 19.7 Å². The van der Waals surface area contributed by atoms with Crippen LogP contribution in [0.4, 0.5) is 11.4 Å². The van der Waals surface area contributed by atoms with Crippen LogP contribution in [0.2, 0.25) is 0 Å². The smallest absolute Gasteiger partial charge is 0.265 e. The Morgan fingerprint density at radius 1 is 1.07 bits per heavy atom. The second-order valence-electron chi connectivity index (χ2n) is 7.12. The molecule has 1 heterocycles. The second kappa shape index (κ2) is 8.29. The highest BCUT2D eigenvalue weighted by atomic mass is 16.5. The Morgan fingerprint density at radius 2 is 1.80 bits per heavy atom. The molecule has 6 nitrogen and oxygen atoms in total. The van der Waals surface area contributed by atoms with Crippen LogP contribution in [0.5, 0.6) is 11.5 Å². The third kappa shape index (κ3) is 4.12. The van der Waals surface area contributed by atoms with Gasteiger partial charge in [-0.25, -0.2) is 0 Å². The molecule has 1 aliphatic rings. The lowest BCUT2D eigenvalue weighted by atomic mass is 10.1. The highest BCUT2D eigenvalue weighted by molar-refractivity contribution is 6.05. The largest absolute Gasteiger partial charge is 0.497 e. The number of fused-ring (bicyclic) bond motifs is 1. The Kier molecular flexibility index (Phi) is 5.39. The molecule has 0 unspecified atom stereocenters. The molecule has 0 radical (unpaired) electrons. The van der Waals surface area contributed by atoms with Crippen LogP contribution in [-0.4, -0.2) is 25.5 Å². The molecular weight excluding hydrogens is 380 g/mol. The van der Waals surface area contributed by atoms with Crippen molar-refractivity contribution in [3.63, 3.8) is 0 Å². The summed E-state index contributed by atoms with van der Waals surface area (Å²) in [6, 6.07) is 20.2. The molecule has 0 fully saturated rings. The highest BCUT2D eigenvalue weighted by Gasteiger charge is 2.26. The van der Waals surface area contributed by atoms with E-state index in [1.807, 2.05) is 31.2 Å². The SMILES string of the molecule is COc1ccc(C(=O)Nc2ccc3c(c2)N(Cc2ccc(C)cc2)C(=O)CO3)cc1. The first-order valence-corrected chi connectivity index (χ1v) is 9.61. The molecule has 30 heavy (non-hydrogen) atoms. The monoisotopic (exact) mass is 402 g/mol. The van der Waals surface area contributed by atoms with Crippen LogP contribution in [0.15, 0.2) is 66.7 Å². The summed E-state index contributed by atoms with van der Waals surface area (Å²) in [5, 5.41) is 2.88. The Balaban J connectivity index is 1.57. The zero-order chi connectivity index (χ0) is 21.1. The quantitative estimate of drug-likeness (QED) is 0.695. The summed E-state index contributed by atoms with van der Waals surface area (Å²) in [4.78, 5) is 26.8. The van der Waals surface area contributed by atoms with Crippen molar-refractivity contribution >= 4 is 23.2 Å². The van der Waals surface area contributed by atoms with E-state index in [0.29, 0.717) is 35.0 Å². The number of anilines is 2. The van der Waals surface area contributed by atoms with Gasteiger partial charge < -0.3 is 19.7 Å². The number of amides is 2. The van der Waals surface area contributed by atoms with E-state index in [2.05, 4.69) is 5.32 Å². The number of hydrogen-bond donors (Lipinski definition) is 1. The number of hydrogen-bond acceptors (Lipinski definition) is 4. The molecule has 0 atom stereocenters. The Hall–Kier alpha value is -3.80. The fourth-order valence-electron chi connectivity index (χ4n) is 3.27. The predicted molar refractivity (Wildman–Crippen MR) is 115 cm³/mol. The van der Waals surface area contributed by atoms with Crippen LogP contribution in [0.25, 0.3) is 0 Å². The Labute approximate surface area is 175 Å². The summed E-state index contributed by atoms with van der Waals surface area (Å²) in [6.07, 6.45) is 0. The number of carbonyl (C=O) groups is 2. The van der Waals surface area contributed by atoms with Gasteiger partial charge in [0.2, 0.25) is 0 Å². The number of benzene rings is 3. The molecular formula is C24H22N2O4. The van der Waals surface area contributed by atoms with Crippen molar-refractivity contribution in [2.45, 2.75) is 13.5 Å². The van der Waals surface area contributed by atoms with E-state index in [1.165, 1.54) is 0 Å². The first-order chi connectivity index (χ1) is 14.5. The van der Waals surface area contributed by atoms with E-state index < -0.39 is 0 Å². The molecule has 2 amide bonds. The zero-order valence-electron chi connectivity index (χ0n) is 16.8. The molecule has 0 aliphatic carbocycles. The number of nitrogens with one attached hydrogen (secondary N) is 1. The van der Waals surface area contributed by atoms with Crippen LogP contribution in [-0.2, 0) is 11.3 Å². The molecule has 4 rings (SSSR count). The average Bonchev–Trinajstić information content (AvgIpc) is 2.77. The molecule has 1 N–H and O–H groups in total. The minimum atomic E-state index is -0.245. The molecule has 0 saturated heterocycles. The molecule has 0 bridgehead atoms. The summed E-state index contributed by atoms with van der Waals surface area (Å²) in [6.45, 7) is 2.46. The van der Waals surface area contributed by atoms with Crippen molar-refractivity contribution in [2.75, 3.05) is 23.9 Å². The van der Waals surface area contributed by atoms with Crippen molar-refractivity contribution in [1.29, 1.82) is 0 Å². The van der Waals surface area contributed by atoms with Gasteiger partial charge in [-0.3, -0.25) is 9.59 Å². The summed E-state index contributed by atoms with van der Waals surface area (Å²) in [5.41, 5.74) is 3.92. The van der Waals surface area contributed by atoms with Crippen LogP contribution >= 0.6 is 0 Å². The molecule has 0 saturated carbocycles. The first kappa shape index (κ1) is 19.5. The number of methoxy groups -OCH3 is 1. The van der Waals surface area contributed by atoms with Crippen LogP contribution in [0.1, 0.15) is 21.5 Å². The fourth-order valence-corrected chi connectivity index (χ4v) is 3.27. The maximum atomic E-state index is 12.6. The van der Waals surface area contributed by atoms with Crippen LogP contribution in [0.3, 0.4) is 0 Å². The normalized spacial score (nSPS) is 12.7. The number of aryl methyl sites for hydroxylation is 1. The number of nitrogens with zero attached hydrogens (tertiary/aromatic N) is 1. The van der Waals surface area contributed by atoms with Crippen molar-refractivity contribution in [2.24, 2.45) is 0 Å². The van der Waals surface area contributed by atoms with Gasteiger partial charge in [0.05, 0.1) is 19.3 Å². The van der Waals surface area contributed by atoms with Gasteiger partial charge in [-0.1, -0.05) is 29.8 Å². The summed E-state index contributed by atoms with van der Waals surface area (Å²) in [5.74, 6) is 0.930. The van der Waals surface area contributed by atoms with Gasteiger partial charge in [0.1, 0.15) is 11.5 Å². The first-order valence-electron chi connectivity index (χ1n) is 9.61. The minimum absolute atomic E-state index is 0.00356. The zero-order valence-corrected chi connectivity index (χ0v) is 16.8. The summed E-state index contributed by atoms with van der Waals surface area (Å²) in [7, 11) is 1.58. The van der Waals surface area contributed by atoms with Gasteiger partial charge in [0.15, 0.2) is 6.61 Å². The summed E-state index contributed by atoms with van der Waals surface area (Å²) < 4.78 is 10.7. The molecule has 152 valence electrons. The van der Waals surface area contributed by atoms with Gasteiger partial charge in [0, 0.05) is 11.3 Å². The second-order valence-corrected chi connectivity index (χ2v) is 7.12. The molecule has 0 spiro atoms. The van der Waals surface area contributed by atoms with Gasteiger partial charge >= 0.3 is 0 Å². The third-order valence-corrected chi connectivity index (χ3v) is 4.97. The Morgan fingerprint density at radius 3 is 2.50 bits per heavy atom. The maximum Gasteiger partial charge on any atom is 0.265 e. The molecule has 3 aromatic rings. The molecule has 1 aliphatic heterocycles. The molecule has 6 heteroatoms. The number of rotatable bonds is 5. The molecule has 0 aromatic heterocycles. The van der Waals surface area contributed by atoms with E-state index in [0.717, 1.165) is 11.1 Å². The molecule has 3 aromatic carbocycles. The lowest BCUT2D eigenvalue weighted by molar-refractivity contribution is -0.121. The van der Waals surface area contributed by atoms with Crippen molar-refractivity contribution < 1.29 is 19.1 Å². The predicted octanol–water partition coefficient (Wildman–Crippen LogP) is 4.18. The van der Waals surface area contributed by atoms with Gasteiger partial charge in [-0.05, 0) is 55.0 Å². The van der Waals surface area contributed by atoms with Crippen molar-refractivity contribution in [3.8, 4) is 11.5 Å².